The molecule has 0 radical (unpaired) electrons. The molecule has 0 aliphatic rings. The number of rotatable bonds is 1. The maximum absolute atomic E-state index is 6.86. The van der Waals surface area contributed by atoms with Crippen molar-refractivity contribution in [3.63, 3.8) is 0 Å². The number of hydrogen-bond donors (Lipinski definition) is 0. The average Bonchev–Trinajstić information content (AvgIpc) is 1.27. The molecule has 0 nitrogen and oxygen atoms in total. The van der Waals surface area contributed by atoms with E-state index in [4.69, 9.17) is 5.11 Å². The Labute approximate surface area is 47.8 Å². The molecule has 28 valence electrons. The van der Waals surface area contributed by atoms with Gasteiger partial charge in [0.1, 0.15) is 0 Å². The normalized spacial score (nSPS) is 44.0. The quantitative estimate of drug-likeness (QED) is 0.333. The van der Waals surface area contributed by atoms with Crippen LogP contribution in [0.25, 0.3) is 0 Å². The summed E-state index contributed by atoms with van der Waals surface area (Å²) in [5.74, 6) is 0. The molecule has 0 aromatic heterocycles. The van der Waals surface area contributed by atoms with Crippen LogP contribution in [0.3, 0.4) is 0 Å². The monoisotopic (exact) mass is 194 g/mol. The molecule has 4 heavy (non-hydrogen) atoms. The van der Waals surface area contributed by atoms with Gasteiger partial charge in [-0.15, -0.1) is 0 Å². The molecule has 0 aliphatic carbocycles. The summed E-state index contributed by atoms with van der Waals surface area (Å²) in [5.41, 5.74) is 0. The van der Waals surface area contributed by atoms with Gasteiger partial charge in [0.2, 0.25) is 0 Å². The Morgan fingerprint density at radius 1 is 2.50 bits per heavy atom. The van der Waals surface area contributed by atoms with Crippen molar-refractivity contribution in [2.45, 2.75) is 10.6 Å². The Morgan fingerprint density at radius 2 is 2.75 bits per heavy atom. The van der Waals surface area contributed by atoms with Gasteiger partial charge in [-0.3, -0.25) is 0 Å². The summed E-state index contributed by atoms with van der Waals surface area (Å²) in [4.78, 5) is 0. The van der Waals surface area contributed by atoms with Gasteiger partial charge in [-0.1, -0.05) is 0 Å². The van der Waals surface area contributed by atoms with Gasteiger partial charge in [-0.05, 0) is 0 Å². The van der Waals surface area contributed by atoms with Crippen molar-refractivity contribution in [2.75, 3.05) is 0 Å². The van der Waals surface area contributed by atoms with E-state index >= 15 is 0 Å². The summed E-state index contributed by atoms with van der Waals surface area (Å²) >= 11 is 1.77. The Morgan fingerprint density at radius 3 is 2.75 bits per heavy atom. The molecule has 0 aromatic carbocycles. The topological polar surface area (TPSA) is 0 Å². The van der Waals surface area contributed by atoms with Crippen LogP contribution < -0.4 is 0 Å². The standard InChI is InChI=1S/C2H8IP/c1-2(3)4/h2H,1H3,4H4/i4D4. The molecular weight excluding hydrogens is 182 g/mol. The summed E-state index contributed by atoms with van der Waals surface area (Å²) in [5, 5.41) is 0. The first-order chi connectivity index (χ1) is 3.20. The molecule has 0 amide bonds. The minimum atomic E-state index is -4.20. The predicted molar refractivity (Wildman–Crippen MR) is 36.0 cm³/mol. The van der Waals surface area contributed by atoms with E-state index in [2.05, 4.69) is 0 Å². The molecule has 0 bridgehead atoms. The molecule has 0 rings (SSSR count). The van der Waals surface area contributed by atoms with Gasteiger partial charge in [0.25, 0.3) is 0 Å². The van der Waals surface area contributed by atoms with E-state index in [1.54, 1.807) is 29.5 Å². The van der Waals surface area contributed by atoms with Gasteiger partial charge in [0.15, 0.2) is 0 Å². The molecule has 0 saturated heterocycles. The SMILES string of the molecule is [2H]P([2H])([2H])([2H])C(C)I. The van der Waals surface area contributed by atoms with Crippen molar-refractivity contribution in [2.24, 2.45) is 0 Å². The summed E-state index contributed by atoms with van der Waals surface area (Å²) in [6.07, 6.45) is 0. The summed E-state index contributed by atoms with van der Waals surface area (Å²) < 4.78 is 27.0. The van der Waals surface area contributed by atoms with Gasteiger partial charge < -0.3 is 0 Å². The van der Waals surface area contributed by atoms with E-state index in [1.807, 2.05) is 0 Å². The Bertz CT molecular complexity index is 84.7. The molecule has 0 aromatic rings. The van der Waals surface area contributed by atoms with Crippen LogP contribution in [0.2, 0.25) is 0 Å². The molecule has 0 heterocycles. The third-order valence-electron chi connectivity index (χ3n) is 0. The van der Waals surface area contributed by atoms with Crippen LogP contribution in [-0.4, -0.2) is 8.78 Å². The van der Waals surface area contributed by atoms with Crippen molar-refractivity contribution in [1.29, 1.82) is 5.11 Å². The van der Waals surface area contributed by atoms with Gasteiger partial charge in [-0.2, -0.15) is 0 Å². The molecule has 0 N–H and O–H groups in total. The van der Waals surface area contributed by atoms with Gasteiger partial charge in [0, 0.05) is 0 Å². The molecule has 2 heteroatoms. The number of alkyl halides is 1. The second-order valence-electron chi connectivity index (χ2n) is 0.574. The van der Waals surface area contributed by atoms with Crippen molar-refractivity contribution in [3.8, 4) is 0 Å². The summed E-state index contributed by atoms with van der Waals surface area (Å²) in [6.45, 7) is 1.55. The second-order valence-corrected chi connectivity index (χ2v) is 4.20. The third kappa shape index (κ3) is 11.0. The zero-order valence-corrected chi connectivity index (χ0v) is 5.45. The van der Waals surface area contributed by atoms with E-state index in [0.717, 1.165) is 0 Å². The number of hydrogen-bond acceptors (Lipinski definition) is 0. The number of halogens is 1. The van der Waals surface area contributed by atoms with Gasteiger partial charge in [0.05, 0.1) is 0 Å². The zero-order valence-electron chi connectivity index (χ0n) is 6.40. The Hall–Kier alpha value is 1.16. The van der Waals surface area contributed by atoms with Crippen LogP contribution in [0.4, 0.5) is 0 Å². The predicted octanol–water partition coefficient (Wildman–Crippen LogP) is 1.11. The van der Waals surface area contributed by atoms with E-state index in [-0.39, 0.29) is 0 Å². The van der Waals surface area contributed by atoms with E-state index in [9.17, 15) is 0 Å². The van der Waals surface area contributed by atoms with Crippen LogP contribution in [-0.2, 0) is 0 Å². The Balaban J connectivity index is 4.14. The van der Waals surface area contributed by atoms with Crippen molar-refractivity contribution in [3.05, 3.63) is 0 Å². The first-order valence-electron chi connectivity index (χ1n) is 2.84. The first kappa shape index (κ1) is 1.34. The fourth-order valence-corrected chi connectivity index (χ4v) is 0. The van der Waals surface area contributed by atoms with Crippen LogP contribution in [0.15, 0.2) is 0 Å². The van der Waals surface area contributed by atoms with Crippen LogP contribution >= 0.6 is 31.6 Å². The second kappa shape index (κ2) is 2.40. The van der Waals surface area contributed by atoms with E-state index in [1.165, 1.54) is 0 Å². The van der Waals surface area contributed by atoms with E-state index in [0.29, 0.717) is 0 Å². The molecule has 0 aliphatic heterocycles. The minimum absolute atomic E-state index is 0.487. The van der Waals surface area contributed by atoms with Gasteiger partial charge in [-0.25, -0.2) is 0 Å². The fourth-order valence-electron chi connectivity index (χ4n) is 0. The van der Waals surface area contributed by atoms with Crippen LogP contribution in [0.5, 0.6) is 0 Å². The zero-order chi connectivity index (χ0) is 7.02. The Kier molecular flexibility index (Phi) is 0.805. The van der Waals surface area contributed by atoms with Gasteiger partial charge >= 0.3 is 47.3 Å². The molecule has 0 fully saturated rings. The maximum atomic E-state index is 6.86. The van der Waals surface area contributed by atoms with Crippen LogP contribution in [0, 0.1) is 0 Å². The third-order valence-corrected chi connectivity index (χ3v) is 0. The molecule has 0 saturated carbocycles. The molecular formula is C2H8IP. The summed E-state index contributed by atoms with van der Waals surface area (Å²) in [7, 11) is -4.20. The molecule has 0 spiro atoms. The van der Waals surface area contributed by atoms with Crippen LogP contribution in [0.1, 0.15) is 6.92 Å². The first-order valence-corrected chi connectivity index (χ1v) is 2.82. The molecule has 1 atom stereocenters. The van der Waals surface area contributed by atoms with Crippen molar-refractivity contribution in [1.82, 2.24) is 0 Å². The molecule has 1 unspecified atom stereocenters. The fraction of sp³-hybridized carbons (Fsp3) is 1.00. The van der Waals surface area contributed by atoms with Crippen molar-refractivity contribution >= 4 is 31.6 Å². The van der Waals surface area contributed by atoms with E-state index < -0.39 is 12.7 Å². The van der Waals surface area contributed by atoms with Crippen molar-refractivity contribution < 1.29 is 0 Å². The average molecular weight is 194 g/mol. The summed E-state index contributed by atoms with van der Waals surface area (Å²) in [6, 6.07) is 0.